The van der Waals surface area contributed by atoms with Crippen molar-refractivity contribution in [2.24, 2.45) is 4.99 Å². The van der Waals surface area contributed by atoms with Gasteiger partial charge in [-0.3, -0.25) is 9.89 Å². The van der Waals surface area contributed by atoms with E-state index in [0.717, 1.165) is 51.7 Å². The van der Waals surface area contributed by atoms with E-state index >= 15 is 0 Å². The SMILES string of the molecule is CN=C(NCCCOCC1CCCO1)NCC1(N2CCSCC2)CCCCC1.I. The Balaban J connectivity index is 0.00000300. The van der Waals surface area contributed by atoms with Gasteiger partial charge in [-0.25, -0.2) is 0 Å². The van der Waals surface area contributed by atoms with Gasteiger partial charge in [-0.15, -0.1) is 24.0 Å². The molecule has 1 saturated carbocycles. The zero-order chi connectivity index (χ0) is 19.5. The lowest BCUT2D eigenvalue weighted by Gasteiger charge is -2.48. The molecule has 6 nitrogen and oxygen atoms in total. The third kappa shape index (κ3) is 8.35. The average Bonchev–Trinajstić information content (AvgIpc) is 3.27. The molecule has 1 unspecified atom stereocenters. The zero-order valence-corrected chi connectivity index (χ0v) is 21.3. The Kier molecular flexibility index (Phi) is 12.6. The number of thioether (sulfide) groups is 1. The first-order valence-electron chi connectivity index (χ1n) is 11.3. The van der Waals surface area contributed by atoms with Crippen LogP contribution in [-0.4, -0.2) is 87.1 Å². The molecule has 3 rings (SSSR count). The molecule has 0 bridgehead atoms. The van der Waals surface area contributed by atoms with E-state index in [4.69, 9.17) is 9.47 Å². The summed E-state index contributed by atoms with van der Waals surface area (Å²) in [6, 6.07) is 0. The Hall–Kier alpha value is 0.230. The van der Waals surface area contributed by atoms with E-state index < -0.39 is 0 Å². The van der Waals surface area contributed by atoms with E-state index in [0.29, 0.717) is 11.6 Å². The van der Waals surface area contributed by atoms with Gasteiger partial charge in [-0.2, -0.15) is 11.8 Å². The van der Waals surface area contributed by atoms with Crippen molar-refractivity contribution in [2.45, 2.75) is 63.0 Å². The predicted octanol–water partition coefficient (Wildman–Crippen LogP) is 3.11. The fraction of sp³-hybridized carbons (Fsp3) is 0.952. The maximum absolute atomic E-state index is 5.75. The third-order valence-corrected chi connectivity index (χ3v) is 7.30. The molecule has 2 heterocycles. The molecule has 3 fully saturated rings. The lowest BCUT2D eigenvalue weighted by Crippen LogP contribution is -2.59. The van der Waals surface area contributed by atoms with Crippen molar-refractivity contribution in [3.05, 3.63) is 0 Å². The minimum Gasteiger partial charge on any atom is -0.379 e. The fourth-order valence-corrected chi connectivity index (χ4v) is 5.60. The van der Waals surface area contributed by atoms with Gasteiger partial charge in [0.2, 0.25) is 0 Å². The summed E-state index contributed by atoms with van der Waals surface area (Å²) in [5, 5.41) is 7.11. The lowest BCUT2D eigenvalue weighted by atomic mass is 9.80. The van der Waals surface area contributed by atoms with Crippen LogP contribution in [0.25, 0.3) is 0 Å². The summed E-state index contributed by atoms with van der Waals surface area (Å²) >= 11 is 2.10. The van der Waals surface area contributed by atoms with E-state index in [1.807, 2.05) is 7.05 Å². The summed E-state index contributed by atoms with van der Waals surface area (Å²) in [5.74, 6) is 3.48. The Morgan fingerprint density at radius 2 is 1.97 bits per heavy atom. The topological polar surface area (TPSA) is 58.1 Å². The van der Waals surface area contributed by atoms with Crippen LogP contribution in [0.3, 0.4) is 0 Å². The second kappa shape index (κ2) is 14.3. The monoisotopic (exact) mass is 540 g/mol. The van der Waals surface area contributed by atoms with Gasteiger partial charge < -0.3 is 20.1 Å². The van der Waals surface area contributed by atoms with Crippen molar-refractivity contribution in [3.63, 3.8) is 0 Å². The predicted molar refractivity (Wildman–Crippen MR) is 134 cm³/mol. The van der Waals surface area contributed by atoms with Crippen LogP contribution in [0.1, 0.15) is 51.4 Å². The summed E-state index contributed by atoms with van der Waals surface area (Å²) in [6.07, 6.45) is 10.4. The first-order valence-corrected chi connectivity index (χ1v) is 12.4. The molecule has 0 aromatic rings. The smallest absolute Gasteiger partial charge is 0.191 e. The number of nitrogens with zero attached hydrogens (tertiary/aromatic N) is 2. The van der Waals surface area contributed by atoms with Crippen molar-refractivity contribution in [1.82, 2.24) is 15.5 Å². The summed E-state index contributed by atoms with van der Waals surface area (Å²) < 4.78 is 11.3. The summed E-state index contributed by atoms with van der Waals surface area (Å²) in [4.78, 5) is 7.21. The lowest BCUT2D eigenvalue weighted by molar-refractivity contribution is 0.0168. The highest BCUT2D eigenvalue weighted by Crippen LogP contribution is 2.34. The second-order valence-electron chi connectivity index (χ2n) is 8.30. The second-order valence-corrected chi connectivity index (χ2v) is 9.53. The minimum absolute atomic E-state index is 0. The van der Waals surface area contributed by atoms with Crippen LogP contribution < -0.4 is 10.6 Å². The van der Waals surface area contributed by atoms with E-state index in [1.54, 1.807) is 0 Å². The van der Waals surface area contributed by atoms with Crippen LogP contribution in [-0.2, 0) is 9.47 Å². The Bertz CT molecular complexity index is 466. The Labute approximate surface area is 198 Å². The minimum atomic E-state index is 0. The molecule has 1 aliphatic carbocycles. The molecule has 0 aromatic heterocycles. The van der Waals surface area contributed by atoms with Gasteiger partial charge in [0.15, 0.2) is 5.96 Å². The number of rotatable bonds is 9. The van der Waals surface area contributed by atoms with Gasteiger partial charge in [0, 0.05) is 63.5 Å². The van der Waals surface area contributed by atoms with E-state index in [2.05, 4.69) is 32.3 Å². The van der Waals surface area contributed by atoms with Crippen LogP contribution >= 0.6 is 35.7 Å². The van der Waals surface area contributed by atoms with Crippen molar-refractivity contribution in [3.8, 4) is 0 Å². The number of guanidine groups is 1. The largest absolute Gasteiger partial charge is 0.379 e. The first-order chi connectivity index (χ1) is 13.8. The van der Waals surface area contributed by atoms with Crippen LogP contribution in [0.2, 0.25) is 0 Å². The van der Waals surface area contributed by atoms with Crippen LogP contribution in [0, 0.1) is 0 Å². The van der Waals surface area contributed by atoms with Gasteiger partial charge in [-0.05, 0) is 32.1 Å². The number of ether oxygens (including phenoxy) is 2. The molecule has 2 aliphatic heterocycles. The van der Waals surface area contributed by atoms with Gasteiger partial charge in [0.25, 0.3) is 0 Å². The van der Waals surface area contributed by atoms with E-state index in [9.17, 15) is 0 Å². The number of hydrogen-bond acceptors (Lipinski definition) is 5. The molecule has 29 heavy (non-hydrogen) atoms. The van der Waals surface area contributed by atoms with Gasteiger partial charge in [0.1, 0.15) is 0 Å². The van der Waals surface area contributed by atoms with Crippen molar-refractivity contribution in [2.75, 3.05) is 64.6 Å². The molecular weight excluding hydrogens is 499 g/mol. The highest BCUT2D eigenvalue weighted by molar-refractivity contribution is 14.0. The molecule has 8 heteroatoms. The Morgan fingerprint density at radius 1 is 1.17 bits per heavy atom. The van der Waals surface area contributed by atoms with Crippen molar-refractivity contribution in [1.29, 1.82) is 0 Å². The molecule has 0 radical (unpaired) electrons. The standard InChI is InChI=1S/C21H40N4O2S.HI/c1-22-20(23-10-6-13-26-17-19-7-5-14-27-19)24-18-21(8-3-2-4-9-21)25-11-15-28-16-12-25;/h19H,2-18H2,1H3,(H2,22,23,24);1H. The number of halogens is 1. The fourth-order valence-electron chi connectivity index (χ4n) is 4.69. The molecule has 0 spiro atoms. The van der Waals surface area contributed by atoms with Crippen LogP contribution in [0.5, 0.6) is 0 Å². The normalized spacial score (nSPS) is 25.4. The molecule has 2 saturated heterocycles. The molecule has 2 N–H and O–H groups in total. The van der Waals surface area contributed by atoms with E-state index in [-0.39, 0.29) is 24.0 Å². The highest BCUT2D eigenvalue weighted by atomic mass is 127. The number of nitrogens with one attached hydrogen (secondary N) is 2. The quantitative estimate of drug-likeness (QED) is 0.203. The van der Waals surface area contributed by atoms with Crippen molar-refractivity contribution < 1.29 is 9.47 Å². The molecular formula is C21H41IN4O2S. The first kappa shape index (κ1) is 25.5. The maximum atomic E-state index is 5.75. The molecule has 1 atom stereocenters. The van der Waals surface area contributed by atoms with Gasteiger partial charge in [0.05, 0.1) is 12.7 Å². The summed E-state index contributed by atoms with van der Waals surface area (Å²) in [6.45, 7) is 6.78. The number of hydrogen-bond donors (Lipinski definition) is 2. The van der Waals surface area contributed by atoms with E-state index in [1.165, 1.54) is 63.1 Å². The van der Waals surface area contributed by atoms with Gasteiger partial charge >= 0.3 is 0 Å². The highest BCUT2D eigenvalue weighted by Gasteiger charge is 2.38. The maximum Gasteiger partial charge on any atom is 0.191 e. The molecule has 0 amide bonds. The van der Waals surface area contributed by atoms with Crippen LogP contribution in [0.15, 0.2) is 4.99 Å². The zero-order valence-electron chi connectivity index (χ0n) is 18.1. The van der Waals surface area contributed by atoms with Gasteiger partial charge in [-0.1, -0.05) is 19.3 Å². The molecule has 3 aliphatic rings. The molecule has 0 aromatic carbocycles. The summed E-state index contributed by atoms with van der Waals surface area (Å²) in [5.41, 5.74) is 0.321. The Morgan fingerprint density at radius 3 is 2.66 bits per heavy atom. The third-order valence-electron chi connectivity index (χ3n) is 6.36. The molecule has 170 valence electrons. The average molecular weight is 541 g/mol. The van der Waals surface area contributed by atoms with Crippen molar-refractivity contribution >= 4 is 41.7 Å². The number of aliphatic imine (C=N–C) groups is 1. The van der Waals surface area contributed by atoms with Crippen LogP contribution in [0.4, 0.5) is 0 Å². The summed E-state index contributed by atoms with van der Waals surface area (Å²) in [7, 11) is 1.87.